The number of nitrogens with one attached hydrogen (secondary N) is 1. The van der Waals surface area contributed by atoms with Gasteiger partial charge in [0.2, 0.25) is 5.13 Å². The van der Waals surface area contributed by atoms with Crippen molar-refractivity contribution in [1.82, 2.24) is 10.2 Å². The molecule has 0 atom stereocenters. The average Bonchev–Trinajstić information content (AvgIpc) is 2.91. The fourth-order valence-electron chi connectivity index (χ4n) is 1.60. The molecule has 2 rings (SSSR count). The van der Waals surface area contributed by atoms with Crippen LogP contribution in [0.3, 0.4) is 0 Å². The zero-order valence-corrected chi connectivity index (χ0v) is 14.5. The minimum atomic E-state index is -0.195. The summed E-state index contributed by atoms with van der Waals surface area (Å²) in [6, 6.07) is 7.08. The number of anilines is 1. The quantitative estimate of drug-likeness (QED) is 0.609. The molecule has 1 N–H and O–H groups in total. The van der Waals surface area contributed by atoms with Gasteiger partial charge in [-0.25, -0.2) is 0 Å². The molecule has 0 saturated carbocycles. The average molecular weight is 337 g/mol. The van der Waals surface area contributed by atoms with E-state index >= 15 is 0 Å². The highest BCUT2D eigenvalue weighted by atomic mass is 32.2. The van der Waals surface area contributed by atoms with Crippen LogP contribution in [0.5, 0.6) is 5.75 Å². The number of hydrogen-bond acceptors (Lipinski definition) is 6. The van der Waals surface area contributed by atoms with Gasteiger partial charge in [-0.05, 0) is 30.7 Å². The SMILES string of the molecule is CCCOc1ccc(C(=O)Nc2nnc(SC(C)C)s2)cc1. The van der Waals surface area contributed by atoms with Crippen LogP contribution >= 0.6 is 23.1 Å². The van der Waals surface area contributed by atoms with E-state index in [1.165, 1.54) is 11.3 Å². The van der Waals surface area contributed by atoms with E-state index in [2.05, 4.69) is 36.3 Å². The fourth-order valence-corrected chi connectivity index (χ4v) is 3.57. The van der Waals surface area contributed by atoms with Crippen LogP contribution in [0.4, 0.5) is 5.13 Å². The third kappa shape index (κ3) is 4.99. The van der Waals surface area contributed by atoms with E-state index in [1.807, 2.05) is 0 Å². The van der Waals surface area contributed by atoms with E-state index in [1.54, 1.807) is 36.0 Å². The molecule has 7 heteroatoms. The highest BCUT2D eigenvalue weighted by Crippen LogP contribution is 2.28. The summed E-state index contributed by atoms with van der Waals surface area (Å²) >= 11 is 3.01. The molecule has 0 aliphatic heterocycles. The molecule has 22 heavy (non-hydrogen) atoms. The monoisotopic (exact) mass is 337 g/mol. The molecule has 0 aliphatic rings. The standard InChI is InChI=1S/C15H19N3O2S2/c1-4-9-20-12-7-5-11(6-8-12)13(19)16-14-17-18-15(22-14)21-10(2)3/h5-8,10H,4,9H2,1-3H3,(H,16,17,19). The number of carbonyl (C=O) groups excluding carboxylic acids is 1. The van der Waals surface area contributed by atoms with Gasteiger partial charge in [-0.3, -0.25) is 10.1 Å². The Kier molecular flexibility index (Phi) is 6.21. The van der Waals surface area contributed by atoms with E-state index in [0.717, 1.165) is 16.5 Å². The van der Waals surface area contributed by atoms with Crippen LogP contribution in [0.15, 0.2) is 28.6 Å². The van der Waals surface area contributed by atoms with Crippen LogP contribution < -0.4 is 10.1 Å². The van der Waals surface area contributed by atoms with E-state index in [9.17, 15) is 4.79 Å². The van der Waals surface area contributed by atoms with E-state index in [-0.39, 0.29) is 5.91 Å². The molecule has 0 saturated heterocycles. The maximum atomic E-state index is 12.2. The number of amides is 1. The molecular weight excluding hydrogens is 318 g/mol. The predicted molar refractivity (Wildman–Crippen MR) is 91.1 cm³/mol. The Morgan fingerprint density at radius 1 is 1.32 bits per heavy atom. The fraction of sp³-hybridized carbons (Fsp3) is 0.400. The van der Waals surface area contributed by atoms with Crippen LogP contribution in [0.2, 0.25) is 0 Å². The van der Waals surface area contributed by atoms with Crippen LogP contribution in [0.25, 0.3) is 0 Å². The molecule has 0 radical (unpaired) electrons. The lowest BCUT2D eigenvalue weighted by atomic mass is 10.2. The van der Waals surface area contributed by atoms with Crippen molar-refractivity contribution in [3.05, 3.63) is 29.8 Å². The minimum Gasteiger partial charge on any atom is -0.494 e. The molecule has 1 amide bonds. The summed E-state index contributed by atoms with van der Waals surface area (Å²) in [4.78, 5) is 12.2. The molecule has 0 unspecified atom stereocenters. The molecule has 0 fully saturated rings. The number of ether oxygens (including phenoxy) is 1. The summed E-state index contributed by atoms with van der Waals surface area (Å²) in [5.41, 5.74) is 0.567. The largest absolute Gasteiger partial charge is 0.494 e. The Morgan fingerprint density at radius 3 is 2.68 bits per heavy atom. The normalized spacial score (nSPS) is 10.7. The van der Waals surface area contributed by atoms with Gasteiger partial charge in [-0.1, -0.05) is 43.9 Å². The predicted octanol–water partition coefficient (Wildman–Crippen LogP) is 4.08. The minimum absolute atomic E-state index is 0.195. The van der Waals surface area contributed by atoms with Gasteiger partial charge in [0.05, 0.1) is 6.61 Å². The Bertz CT molecular complexity index is 612. The molecule has 0 bridgehead atoms. The Balaban J connectivity index is 1.95. The van der Waals surface area contributed by atoms with Gasteiger partial charge in [-0.2, -0.15) is 0 Å². The van der Waals surface area contributed by atoms with Gasteiger partial charge in [0.25, 0.3) is 5.91 Å². The third-order valence-corrected chi connectivity index (χ3v) is 4.48. The number of aromatic nitrogens is 2. The summed E-state index contributed by atoms with van der Waals surface area (Å²) in [6.45, 7) is 6.90. The number of hydrogen-bond donors (Lipinski definition) is 1. The summed E-state index contributed by atoms with van der Waals surface area (Å²) in [7, 11) is 0. The molecule has 1 aromatic heterocycles. The smallest absolute Gasteiger partial charge is 0.257 e. The molecule has 5 nitrogen and oxygen atoms in total. The van der Waals surface area contributed by atoms with Gasteiger partial charge >= 0.3 is 0 Å². The van der Waals surface area contributed by atoms with Gasteiger partial charge < -0.3 is 4.74 Å². The third-order valence-electron chi connectivity index (χ3n) is 2.55. The first-order valence-electron chi connectivity index (χ1n) is 7.13. The van der Waals surface area contributed by atoms with Gasteiger partial charge in [-0.15, -0.1) is 10.2 Å². The van der Waals surface area contributed by atoms with Crippen LogP contribution in [0, 0.1) is 0 Å². The van der Waals surface area contributed by atoms with E-state index < -0.39 is 0 Å². The number of rotatable bonds is 7. The second-order valence-electron chi connectivity index (χ2n) is 4.87. The van der Waals surface area contributed by atoms with Crippen LogP contribution in [0.1, 0.15) is 37.6 Å². The van der Waals surface area contributed by atoms with E-state index in [4.69, 9.17) is 4.74 Å². The summed E-state index contributed by atoms with van der Waals surface area (Å²) in [5, 5.41) is 11.7. The van der Waals surface area contributed by atoms with Crippen molar-refractivity contribution < 1.29 is 9.53 Å². The molecular formula is C15H19N3O2S2. The zero-order chi connectivity index (χ0) is 15.9. The van der Waals surface area contributed by atoms with Crippen molar-refractivity contribution >= 4 is 34.1 Å². The van der Waals surface area contributed by atoms with Crippen molar-refractivity contribution in [2.24, 2.45) is 0 Å². The topological polar surface area (TPSA) is 64.1 Å². The molecule has 0 spiro atoms. The molecule has 0 aliphatic carbocycles. The van der Waals surface area contributed by atoms with Gasteiger partial charge in [0, 0.05) is 10.8 Å². The zero-order valence-electron chi connectivity index (χ0n) is 12.8. The van der Waals surface area contributed by atoms with E-state index in [0.29, 0.717) is 22.6 Å². The first-order valence-corrected chi connectivity index (χ1v) is 8.82. The second-order valence-corrected chi connectivity index (χ2v) is 7.67. The first kappa shape index (κ1) is 16.8. The van der Waals surface area contributed by atoms with Gasteiger partial charge in [0.1, 0.15) is 5.75 Å². The molecule has 1 heterocycles. The maximum Gasteiger partial charge on any atom is 0.257 e. The second kappa shape index (κ2) is 8.14. The van der Waals surface area contributed by atoms with Crippen molar-refractivity contribution in [3.8, 4) is 5.75 Å². The van der Waals surface area contributed by atoms with Gasteiger partial charge in [0.15, 0.2) is 4.34 Å². The Morgan fingerprint density at radius 2 is 2.05 bits per heavy atom. The van der Waals surface area contributed by atoms with Crippen LogP contribution in [-0.4, -0.2) is 28.0 Å². The highest BCUT2D eigenvalue weighted by molar-refractivity contribution is 8.01. The maximum absolute atomic E-state index is 12.2. The van der Waals surface area contributed by atoms with Crippen molar-refractivity contribution in [2.75, 3.05) is 11.9 Å². The number of carbonyl (C=O) groups is 1. The number of nitrogens with zero attached hydrogens (tertiary/aromatic N) is 2. The lowest BCUT2D eigenvalue weighted by Gasteiger charge is -2.05. The van der Waals surface area contributed by atoms with Crippen molar-refractivity contribution in [1.29, 1.82) is 0 Å². The van der Waals surface area contributed by atoms with Crippen LogP contribution in [-0.2, 0) is 0 Å². The first-order chi connectivity index (χ1) is 10.6. The lowest BCUT2D eigenvalue weighted by molar-refractivity contribution is 0.102. The number of benzene rings is 1. The molecule has 118 valence electrons. The highest BCUT2D eigenvalue weighted by Gasteiger charge is 2.11. The molecule has 2 aromatic rings. The molecule has 1 aromatic carbocycles. The summed E-state index contributed by atoms with van der Waals surface area (Å²) < 4.78 is 6.35. The Labute approximate surface area is 138 Å². The number of thioether (sulfide) groups is 1. The summed E-state index contributed by atoms with van der Waals surface area (Å²) in [5.74, 6) is 0.573. The Hall–Kier alpha value is -1.60. The summed E-state index contributed by atoms with van der Waals surface area (Å²) in [6.07, 6.45) is 0.954. The van der Waals surface area contributed by atoms with Crippen molar-refractivity contribution in [3.63, 3.8) is 0 Å². The lowest BCUT2D eigenvalue weighted by Crippen LogP contribution is -2.11. The van der Waals surface area contributed by atoms with Crippen molar-refractivity contribution in [2.45, 2.75) is 36.8 Å².